The summed E-state index contributed by atoms with van der Waals surface area (Å²) in [6, 6.07) is 14.5. The molecule has 2 aromatic carbocycles. The average molecular weight is 258 g/mol. The van der Waals surface area contributed by atoms with E-state index in [9.17, 15) is 5.11 Å². The Morgan fingerprint density at radius 3 is 2.39 bits per heavy atom. The Balaban J connectivity index is 2.31. The molecular formula is C16H18OS. The van der Waals surface area contributed by atoms with Gasteiger partial charge in [-0.2, -0.15) is 0 Å². The van der Waals surface area contributed by atoms with Crippen LogP contribution >= 0.6 is 11.8 Å². The first kappa shape index (κ1) is 13.2. The monoisotopic (exact) mass is 258 g/mol. The summed E-state index contributed by atoms with van der Waals surface area (Å²) in [5.74, 6) is 0. The largest absolute Gasteiger partial charge is 0.389 e. The Kier molecular flexibility index (Phi) is 4.10. The zero-order valence-corrected chi connectivity index (χ0v) is 11.8. The second-order valence-corrected chi connectivity index (χ2v) is 5.68. The lowest BCUT2D eigenvalue weighted by atomic mass is 10.1. The SMILES string of the molecule is Cc1ccc(Sc2ccccc2[C@H](C)O)cc1C. The molecule has 0 saturated heterocycles. The first-order chi connectivity index (χ1) is 8.58. The molecule has 2 rings (SSSR count). The maximum atomic E-state index is 9.77. The lowest BCUT2D eigenvalue weighted by molar-refractivity contribution is 0.196. The zero-order chi connectivity index (χ0) is 13.1. The molecule has 1 nitrogen and oxygen atoms in total. The third-order valence-corrected chi connectivity index (χ3v) is 4.16. The normalized spacial score (nSPS) is 12.4. The van der Waals surface area contributed by atoms with E-state index in [4.69, 9.17) is 0 Å². The van der Waals surface area contributed by atoms with Gasteiger partial charge in [-0.15, -0.1) is 0 Å². The summed E-state index contributed by atoms with van der Waals surface area (Å²) < 4.78 is 0. The van der Waals surface area contributed by atoms with Crippen molar-refractivity contribution in [1.29, 1.82) is 0 Å². The highest BCUT2D eigenvalue weighted by atomic mass is 32.2. The van der Waals surface area contributed by atoms with E-state index in [1.54, 1.807) is 18.7 Å². The van der Waals surface area contributed by atoms with Crippen molar-refractivity contribution < 1.29 is 5.11 Å². The fourth-order valence-corrected chi connectivity index (χ4v) is 2.95. The molecule has 0 amide bonds. The number of benzene rings is 2. The molecule has 0 bridgehead atoms. The standard InChI is InChI=1S/C16H18OS/c1-11-8-9-14(10-12(11)2)18-16-7-5-4-6-15(16)13(3)17/h4-10,13,17H,1-3H3/t13-/m0/s1. The summed E-state index contributed by atoms with van der Waals surface area (Å²) in [4.78, 5) is 2.34. The Labute approximate surface area is 113 Å². The lowest BCUT2D eigenvalue weighted by Crippen LogP contribution is -1.93. The minimum Gasteiger partial charge on any atom is -0.389 e. The van der Waals surface area contributed by atoms with Crippen molar-refractivity contribution in [2.24, 2.45) is 0 Å². The van der Waals surface area contributed by atoms with E-state index >= 15 is 0 Å². The second-order valence-electron chi connectivity index (χ2n) is 4.56. The molecule has 94 valence electrons. The topological polar surface area (TPSA) is 20.2 Å². The van der Waals surface area contributed by atoms with Crippen LogP contribution in [0.4, 0.5) is 0 Å². The molecule has 2 aromatic rings. The van der Waals surface area contributed by atoms with Gasteiger partial charge < -0.3 is 5.11 Å². The van der Waals surface area contributed by atoms with E-state index in [1.165, 1.54) is 16.0 Å². The molecule has 0 heterocycles. The molecule has 2 heteroatoms. The van der Waals surface area contributed by atoms with Crippen molar-refractivity contribution in [3.05, 3.63) is 59.2 Å². The first-order valence-electron chi connectivity index (χ1n) is 6.10. The van der Waals surface area contributed by atoms with E-state index in [0.29, 0.717) is 0 Å². The molecular weight excluding hydrogens is 240 g/mol. The van der Waals surface area contributed by atoms with Gasteiger partial charge in [-0.25, -0.2) is 0 Å². The second kappa shape index (κ2) is 5.59. The van der Waals surface area contributed by atoms with Crippen LogP contribution in [0.1, 0.15) is 29.7 Å². The molecule has 0 aliphatic heterocycles. The molecule has 0 unspecified atom stereocenters. The van der Waals surface area contributed by atoms with Gasteiger partial charge in [0.05, 0.1) is 6.10 Å². The van der Waals surface area contributed by atoms with Crippen LogP contribution in [0.5, 0.6) is 0 Å². The minimum absolute atomic E-state index is 0.430. The molecule has 0 saturated carbocycles. The highest BCUT2D eigenvalue weighted by Crippen LogP contribution is 2.33. The smallest absolute Gasteiger partial charge is 0.0772 e. The van der Waals surface area contributed by atoms with Gasteiger partial charge in [0.1, 0.15) is 0 Å². The fourth-order valence-electron chi connectivity index (χ4n) is 1.82. The van der Waals surface area contributed by atoms with Gasteiger partial charge in [0, 0.05) is 9.79 Å². The van der Waals surface area contributed by atoms with Crippen molar-refractivity contribution in [3.8, 4) is 0 Å². The number of rotatable bonds is 3. The van der Waals surface area contributed by atoms with Crippen LogP contribution in [-0.4, -0.2) is 5.11 Å². The molecule has 0 aromatic heterocycles. The van der Waals surface area contributed by atoms with Crippen molar-refractivity contribution in [1.82, 2.24) is 0 Å². The highest BCUT2D eigenvalue weighted by Gasteiger charge is 2.08. The van der Waals surface area contributed by atoms with Crippen molar-refractivity contribution in [2.45, 2.75) is 36.7 Å². The van der Waals surface area contributed by atoms with Crippen LogP contribution in [-0.2, 0) is 0 Å². The summed E-state index contributed by atoms with van der Waals surface area (Å²) in [6.07, 6.45) is -0.430. The van der Waals surface area contributed by atoms with Crippen molar-refractivity contribution in [2.75, 3.05) is 0 Å². The molecule has 0 spiro atoms. The van der Waals surface area contributed by atoms with Crippen LogP contribution < -0.4 is 0 Å². The third-order valence-electron chi connectivity index (χ3n) is 3.08. The first-order valence-corrected chi connectivity index (χ1v) is 6.91. The van der Waals surface area contributed by atoms with Gasteiger partial charge in [-0.3, -0.25) is 0 Å². The lowest BCUT2D eigenvalue weighted by Gasteiger charge is -2.12. The van der Waals surface area contributed by atoms with E-state index in [0.717, 1.165) is 10.5 Å². The predicted molar refractivity (Wildman–Crippen MR) is 77.1 cm³/mol. The summed E-state index contributed by atoms with van der Waals surface area (Å²) in [5, 5.41) is 9.77. The molecule has 0 aliphatic carbocycles. The number of aliphatic hydroxyl groups is 1. The molecule has 1 atom stereocenters. The Morgan fingerprint density at radius 2 is 1.72 bits per heavy atom. The maximum Gasteiger partial charge on any atom is 0.0772 e. The van der Waals surface area contributed by atoms with Crippen LogP contribution in [0.3, 0.4) is 0 Å². The number of aliphatic hydroxyl groups excluding tert-OH is 1. The van der Waals surface area contributed by atoms with Gasteiger partial charge in [0.25, 0.3) is 0 Å². The quantitative estimate of drug-likeness (QED) is 0.874. The average Bonchev–Trinajstić information content (AvgIpc) is 2.34. The van der Waals surface area contributed by atoms with Gasteiger partial charge in [0.15, 0.2) is 0 Å². The summed E-state index contributed by atoms with van der Waals surface area (Å²) in [5.41, 5.74) is 3.60. The number of hydrogen-bond donors (Lipinski definition) is 1. The van der Waals surface area contributed by atoms with Crippen molar-refractivity contribution >= 4 is 11.8 Å². The van der Waals surface area contributed by atoms with Crippen molar-refractivity contribution in [3.63, 3.8) is 0 Å². The molecule has 0 radical (unpaired) electrons. The van der Waals surface area contributed by atoms with Gasteiger partial charge in [0.2, 0.25) is 0 Å². The van der Waals surface area contributed by atoms with Gasteiger partial charge in [-0.05, 0) is 55.7 Å². The van der Waals surface area contributed by atoms with Crippen LogP contribution in [0, 0.1) is 13.8 Å². The van der Waals surface area contributed by atoms with E-state index in [-0.39, 0.29) is 0 Å². The molecule has 0 fully saturated rings. The molecule has 1 N–H and O–H groups in total. The maximum absolute atomic E-state index is 9.77. The highest BCUT2D eigenvalue weighted by molar-refractivity contribution is 7.99. The summed E-state index contributed by atoms with van der Waals surface area (Å²) in [7, 11) is 0. The van der Waals surface area contributed by atoms with Crippen LogP contribution in [0.15, 0.2) is 52.3 Å². The third kappa shape index (κ3) is 2.95. The predicted octanol–water partition coefficient (Wildman–Crippen LogP) is 4.51. The minimum atomic E-state index is -0.430. The van der Waals surface area contributed by atoms with E-state index in [1.807, 2.05) is 18.2 Å². The van der Waals surface area contributed by atoms with Crippen LogP contribution in [0.2, 0.25) is 0 Å². The Hall–Kier alpha value is -1.25. The number of hydrogen-bond acceptors (Lipinski definition) is 2. The molecule has 0 aliphatic rings. The van der Waals surface area contributed by atoms with Crippen LogP contribution in [0.25, 0.3) is 0 Å². The Morgan fingerprint density at radius 1 is 1.00 bits per heavy atom. The van der Waals surface area contributed by atoms with E-state index in [2.05, 4.69) is 38.1 Å². The summed E-state index contributed by atoms with van der Waals surface area (Å²) >= 11 is 1.71. The zero-order valence-electron chi connectivity index (χ0n) is 11.0. The van der Waals surface area contributed by atoms with E-state index < -0.39 is 6.10 Å². The Bertz CT molecular complexity index is 547. The van der Waals surface area contributed by atoms with Gasteiger partial charge >= 0.3 is 0 Å². The fraction of sp³-hybridized carbons (Fsp3) is 0.250. The molecule has 18 heavy (non-hydrogen) atoms. The number of aryl methyl sites for hydroxylation is 2. The summed E-state index contributed by atoms with van der Waals surface area (Å²) in [6.45, 7) is 6.05. The van der Waals surface area contributed by atoms with Gasteiger partial charge in [-0.1, -0.05) is 36.0 Å².